The predicted molar refractivity (Wildman–Crippen MR) is 101 cm³/mol. The van der Waals surface area contributed by atoms with Crippen LogP contribution in [0.3, 0.4) is 0 Å². The Balaban J connectivity index is 1.90. The Morgan fingerprint density at radius 1 is 1.08 bits per heavy atom. The van der Waals surface area contributed by atoms with Crippen LogP contribution < -0.4 is 16.2 Å². The number of thioether (sulfide) groups is 1. The Kier molecular flexibility index (Phi) is 7.31. The first-order valence-corrected chi connectivity index (χ1v) is 8.79. The van der Waals surface area contributed by atoms with Crippen LogP contribution in [0.5, 0.6) is 5.75 Å². The number of benzene rings is 2. The fourth-order valence-electron chi connectivity index (χ4n) is 1.95. The molecule has 0 amide bonds. The molecule has 132 valence electrons. The fourth-order valence-corrected chi connectivity index (χ4v) is 2.72. The molecule has 6 nitrogen and oxygen atoms in total. The zero-order valence-corrected chi connectivity index (χ0v) is 14.8. The highest BCUT2D eigenvalue weighted by Crippen LogP contribution is 2.22. The molecule has 7 heteroatoms. The lowest BCUT2D eigenvalue weighted by molar-refractivity contribution is 0.0734. The van der Waals surface area contributed by atoms with Crippen LogP contribution in [0.1, 0.15) is 17.3 Å². The van der Waals surface area contributed by atoms with Crippen LogP contribution in [0.25, 0.3) is 0 Å². The average Bonchev–Trinajstić information content (AvgIpc) is 2.60. The largest absolute Gasteiger partial charge is 0.423 e. The number of guanidine groups is 1. The molecule has 0 heterocycles. The summed E-state index contributed by atoms with van der Waals surface area (Å²) < 4.78 is 10.7. The SMILES string of the molecule is CCOCCSc1ccc(OC(=O)c2ccc(N=C(N)N)cc2)cc1. The minimum Gasteiger partial charge on any atom is -0.423 e. The molecular formula is C18H21N3O3S. The van der Waals surface area contributed by atoms with Gasteiger partial charge in [-0.25, -0.2) is 9.79 Å². The van der Waals surface area contributed by atoms with Gasteiger partial charge in [0.2, 0.25) is 0 Å². The summed E-state index contributed by atoms with van der Waals surface area (Å²) in [6.07, 6.45) is 0. The van der Waals surface area contributed by atoms with Crippen molar-refractivity contribution in [1.82, 2.24) is 0 Å². The number of nitrogens with two attached hydrogens (primary N) is 2. The van der Waals surface area contributed by atoms with Crippen molar-refractivity contribution in [3.63, 3.8) is 0 Å². The summed E-state index contributed by atoms with van der Waals surface area (Å²) in [5.41, 5.74) is 11.6. The zero-order chi connectivity index (χ0) is 18.1. The first-order chi connectivity index (χ1) is 12.1. The van der Waals surface area contributed by atoms with Crippen molar-refractivity contribution in [2.75, 3.05) is 19.0 Å². The number of ether oxygens (including phenoxy) is 2. The van der Waals surface area contributed by atoms with Crippen molar-refractivity contribution in [1.29, 1.82) is 0 Å². The molecule has 0 unspecified atom stereocenters. The first kappa shape index (κ1) is 18.8. The molecule has 0 saturated heterocycles. The molecular weight excluding hydrogens is 338 g/mol. The lowest BCUT2D eigenvalue weighted by Crippen LogP contribution is -2.21. The first-order valence-electron chi connectivity index (χ1n) is 7.81. The van der Waals surface area contributed by atoms with Gasteiger partial charge in [0.25, 0.3) is 0 Å². The second kappa shape index (κ2) is 9.71. The topological polar surface area (TPSA) is 99.9 Å². The number of carbonyl (C=O) groups is 1. The number of esters is 1. The third-order valence-corrected chi connectivity index (χ3v) is 4.07. The van der Waals surface area contributed by atoms with E-state index in [4.69, 9.17) is 20.9 Å². The van der Waals surface area contributed by atoms with Gasteiger partial charge in [0, 0.05) is 17.3 Å². The van der Waals surface area contributed by atoms with Gasteiger partial charge >= 0.3 is 5.97 Å². The van der Waals surface area contributed by atoms with Gasteiger partial charge in [0.1, 0.15) is 5.75 Å². The minimum atomic E-state index is -0.437. The Bertz CT molecular complexity index is 711. The van der Waals surface area contributed by atoms with Gasteiger partial charge in [-0.3, -0.25) is 0 Å². The highest BCUT2D eigenvalue weighted by atomic mass is 32.2. The van der Waals surface area contributed by atoms with E-state index >= 15 is 0 Å². The maximum atomic E-state index is 12.1. The lowest BCUT2D eigenvalue weighted by Gasteiger charge is -2.06. The number of hydrogen-bond donors (Lipinski definition) is 2. The highest BCUT2D eigenvalue weighted by molar-refractivity contribution is 7.99. The molecule has 0 atom stereocenters. The average molecular weight is 359 g/mol. The predicted octanol–water partition coefficient (Wildman–Crippen LogP) is 2.94. The molecule has 0 spiro atoms. The quantitative estimate of drug-likeness (QED) is 0.188. The number of nitrogens with zero attached hydrogens (tertiary/aromatic N) is 1. The second-order valence-electron chi connectivity index (χ2n) is 4.99. The van der Waals surface area contributed by atoms with Gasteiger partial charge in [0.15, 0.2) is 5.96 Å². The van der Waals surface area contributed by atoms with E-state index in [1.807, 2.05) is 19.1 Å². The number of rotatable bonds is 8. The third-order valence-electron chi connectivity index (χ3n) is 3.10. The van der Waals surface area contributed by atoms with E-state index in [0.717, 1.165) is 17.3 Å². The third kappa shape index (κ3) is 6.48. The van der Waals surface area contributed by atoms with E-state index in [1.165, 1.54) is 0 Å². The van der Waals surface area contributed by atoms with Crippen LogP contribution in [0.2, 0.25) is 0 Å². The van der Waals surface area contributed by atoms with Gasteiger partial charge < -0.3 is 20.9 Å². The van der Waals surface area contributed by atoms with Crippen molar-refractivity contribution >= 4 is 29.4 Å². The van der Waals surface area contributed by atoms with E-state index in [2.05, 4.69) is 4.99 Å². The highest BCUT2D eigenvalue weighted by Gasteiger charge is 2.08. The molecule has 0 saturated carbocycles. The van der Waals surface area contributed by atoms with E-state index in [9.17, 15) is 4.79 Å². The molecule has 0 aliphatic carbocycles. The molecule has 0 radical (unpaired) electrons. The second-order valence-corrected chi connectivity index (χ2v) is 6.16. The maximum absolute atomic E-state index is 12.1. The Labute approximate surface area is 151 Å². The van der Waals surface area contributed by atoms with Crippen LogP contribution in [0.15, 0.2) is 58.4 Å². The standard InChI is InChI=1S/C18H21N3O3S/c1-2-23-11-12-25-16-9-7-15(8-10-16)24-17(22)13-3-5-14(6-4-13)21-18(19)20/h3-10H,2,11-12H2,1H3,(H4,19,20,21). The zero-order valence-electron chi connectivity index (χ0n) is 14.0. The Morgan fingerprint density at radius 3 is 2.36 bits per heavy atom. The van der Waals surface area contributed by atoms with Crippen molar-refractivity contribution in [2.24, 2.45) is 16.5 Å². The lowest BCUT2D eigenvalue weighted by atomic mass is 10.2. The summed E-state index contributed by atoms with van der Waals surface area (Å²) in [7, 11) is 0. The molecule has 25 heavy (non-hydrogen) atoms. The van der Waals surface area contributed by atoms with E-state index in [1.54, 1.807) is 48.2 Å². The van der Waals surface area contributed by atoms with E-state index < -0.39 is 5.97 Å². The number of hydrogen-bond acceptors (Lipinski definition) is 5. The Hall–Kier alpha value is -2.51. The van der Waals surface area contributed by atoms with Gasteiger partial charge in [-0.1, -0.05) is 0 Å². The van der Waals surface area contributed by atoms with Crippen LogP contribution in [0, 0.1) is 0 Å². The van der Waals surface area contributed by atoms with E-state index in [0.29, 0.717) is 23.6 Å². The van der Waals surface area contributed by atoms with Crippen LogP contribution in [-0.2, 0) is 4.74 Å². The molecule has 4 N–H and O–H groups in total. The van der Waals surface area contributed by atoms with Crippen LogP contribution in [-0.4, -0.2) is 30.9 Å². The van der Waals surface area contributed by atoms with Gasteiger partial charge in [-0.15, -0.1) is 11.8 Å². The van der Waals surface area contributed by atoms with Crippen molar-refractivity contribution < 1.29 is 14.3 Å². The summed E-state index contributed by atoms with van der Waals surface area (Å²) in [5.74, 6) is 0.907. The molecule has 2 aromatic rings. The van der Waals surface area contributed by atoms with Crippen LogP contribution >= 0.6 is 11.8 Å². The summed E-state index contributed by atoms with van der Waals surface area (Å²) >= 11 is 1.69. The van der Waals surface area contributed by atoms with Crippen molar-refractivity contribution in [3.05, 3.63) is 54.1 Å². The molecule has 2 aromatic carbocycles. The van der Waals surface area contributed by atoms with Gasteiger partial charge in [-0.2, -0.15) is 0 Å². The summed E-state index contributed by atoms with van der Waals surface area (Å²) in [6, 6.07) is 13.9. The molecule has 0 aliphatic rings. The maximum Gasteiger partial charge on any atom is 0.343 e. The van der Waals surface area contributed by atoms with Gasteiger partial charge in [0.05, 0.1) is 17.9 Å². The van der Waals surface area contributed by atoms with Crippen molar-refractivity contribution in [3.8, 4) is 5.75 Å². The van der Waals surface area contributed by atoms with Crippen LogP contribution in [0.4, 0.5) is 5.69 Å². The minimum absolute atomic E-state index is 0.0328. The number of aliphatic imine (C=N–C) groups is 1. The summed E-state index contributed by atoms with van der Waals surface area (Å²) in [5, 5.41) is 0. The molecule has 2 rings (SSSR count). The summed E-state index contributed by atoms with van der Waals surface area (Å²) in [6.45, 7) is 3.42. The fraction of sp³-hybridized carbons (Fsp3) is 0.222. The molecule has 0 bridgehead atoms. The molecule has 0 aromatic heterocycles. The molecule has 0 aliphatic heterocycles. The van der Waals surface area contributed by atoms with Gasteiger partial charge in [-0.05, 0) is 55.5 Å². The smallest absolute Gasteiger partial charge is 0.343 e. The monoisotopic (exact) mass is 359 g/mol. The normalized spacial score (nSPS) is 10.3. The summed E-state index contributed by atoms with van der Waals surface area (Å²) in [4.78, 5) is 17.1. The molecule has 0 fully saturated rings. The number of carbonyl (C=O) groups excluding carboxylic acids is 1. The van der Waals surface area contributed by atoms with E-state index in [-0.39, 0.29) is 5.96 Å². The van der Waals surface area contributed by atoms with Crippen molar-refractivity contribution in [2.45, 2.75) is 11.8 Å². The Morgan fingerprint density at radius 2 is 1.76 bits per heavy atom.